The minimum absolute atomic E-state index is 0.0153. The number of carboxylic acids is 1. The van der Waals surface area contributed by atoms with Gasteiger partial charge in [0.05, 0.1) is 5.56 Å². The Bertz CT molecular complexity index is 755. The number of piperidine rings is 1. The molecule has 0 bridgehead atoms. The van der Waals surface area contributed by atoms with Crippen molar-refractivity contribution in [3.8, 4) is 0 Å². The van der Waals surface area contributed by atoms with Gasteiger partial charge in [-0.2, -0.15) is 0 Å². The van der Waals surface area contributed by atoms with Crippen molar-refractivity contribution in [1.82, 2.24) is 10.3 Å². The zero-order valence-electron chi connectivity index (χ0n) is 17.7. The number of carboxylic acid groups (broad SMARTS) is 1. The van der Waals surface area contributed by atoms with E-state index < -0.39 is 11.8 Å². The van der Waals surface area contributed by atoms with E-state index in [-0.39, 0.29) is 30.1 Å². The van der Waals surface area contributed by atoms with Crippen molar-refractivity contribution in [1.29, 1.82) is 0 Å². The van der Waals surface area contributed by atoms with E-state index in [1.54, 1.807) is 0 Å². The second-order valence-electron chi connectivity index (χ2n) is 8.36. The molecule has 30 heavy (non-hydrogen) atoms. The second-order valence-corrected chi connectivity index (χ2v) is 9.44. The number of carbonyl (C=O) groups excluding carboxylic acids is 1. The predicted octanol–water partition coefficient (Wildman–Crippen LogP) is 4.48. The minimum atomic E-state index is -0.829. The highest BCUT2D eigenvalue weighted by atomic mass is 32.2. The van der Waals surface area contributed by atoms with Crippen LogP contribution in [0.5, 0.6) is 0 Å². The van der Waals surface area contributed by atoms with Gasteiger partial charge in [-0.1, -0.05) is 26.2 Å². The fraction of sp³-hybridized carbons (Fsp3) is 0.682. The Kier molecular flexibility index (Phi) is 8.36. The van der Waals surface area contributed by atoms with Crippen LogP contribution in [-0.2, 0) is 4.79 Å². The fourth-order valence-electron chi connectivity index (χ4n) is 4.34. The number of pyridine rings is 1. The zero-order valence-corrected chi connectivity index (χ0v) is 18.5. The Labute approximate surface area is 182 Å². The highest BCUT2D eigenvalue weighted by Crippen LogP contribution is 2.31. The van der Waals surface area contributed by atoms with E-state index in [9.17, 15) is 9.59 Å². The van der Waals surface area contributed by atoms with Crippen LogP contribution in [-0.4, -0.2) is 46.9 Å². The molecule has 2 fully saturated rings. The molecule has 0 spiro atoms. The average Bonchev–Trinajstić information content (AvgIpc) is 2.73. The maximum Gasteiger partial charge on any atom is 0.303 e. The molecule has 1 aromatic rings. The van der Waals surface area contributed by atoms with E-state index in [1.807, 2.05) is 4.90 Å². The molecule has 0 aromatic carbocycles. The predicted molar refractivity (Wildman–Crippen MR) is 117 cm³/mol. The van der Waals surface area contributed by atoms with Gasteiger partial charge in [-0.05, 0) is 49.8 Å². The van der Waals surface area contributed by atoms with E-state index in [4.69, 9.17) is 5.11 Å². The second kappa shape index (κ2) is 11.0. The summed E-state index contributed by atoms with van der Waals surface area (Å²) < 4.78 is 15.1. The summed E-state index contributed by atoms with van der Waals surface area (Å²) in [5.41, 5.74) is 0.305. The van der Waals surface area contributed by atoms with Crippen LogP contribution in [0, 0.1) is 11.7 Å². The van der Waals surface area contributed by atoms with Crippen molar-refractivity contribution < 1.29 is 19.1 Å². The maximum atomic E-state index is 15.1. The van der Waals surface area contributed by atoms with Crippen molar-refractivity contribution in [3.63, 3.8) is 0 Å². The third-order valence-electron chi connectivity index (χ3n) is 5.83. The molecular formula is C22H32FN3O3S. The molecule has 1 unspecified atom stereocenters. The van der Waals surface area contributed by atoms with Crippen molar-refractivity contribution in [2.24, 2.45) is 5.92 Å². The molecule has 1 aliphatic carbocycles. The average molecular weight is 438 g/mol. The molecule has 166 valence electrons. The largest absolute Gasteiger partial charge is 0.481 e. The molecule has 1 saturated carbocycles. The number of carbonyl (C=O) groups is 2. The topological polar surface area (TPSA) is 82.5 Å². The zero-order chi connectivity index (χ0) is 21.5. The Morgan fingerprint density at radius 2 is 2.03 bits per heavy atom. The SMILES string of the molecule is CCCSc1nc(N2CCCC(CC(=O)O)C2)c(F)cc1C(=O)NC1CCCCC1. The molecule has 8 heteroatoms. The Hall–Kier alpha value is -1.83. The smallest absolute Gasteiger partial charge is 0.303 e. The van der Waals surface area contributed by atoms with Gasteiger partial charge in [-0.15, -0.1) is 11.8 Å². The van der Waals surface area contributed by atoms with Crippen LogP contribution in [0.4, 0.5) is 10.2 Å². The number of aromatic nitrogens is 1. The molecule has 1 aromatic heterocycles. The molecule has 3 rings (SSSR count). The van der Waals surface area contributed by atoms with Crippen LogP contribution in [0.1, 0.15) is 75.1 Å². The lowest BCUT2D eigenvalue weighted by molar-refractivity contribution is -0.138. The van der Waals surface area contributed by atoms with Gasteiger partial charge in [0.2, 0.25) is 0 Å². The number of hydrogen-bond acceptors (Lipinski definition) is 5. The van der Waals surface area contributed by atoms with Gasteiger partial charge in [0.15, 0.2) is 11.6 Å². The number of nitrogens with one attached hydrogen (secondary N) is 1. The number of thioether (sulfide) groups is 1. The molecular weight excluding hydrogens is 405 g/mol. The van der Waals surface area contributed by atoms with E-state index in [0.29, 0.717) is 23.7 Å². The van der Waals surface area contributed by atoms with Gasteiger partial charge in [0.1, 0.15) is 5.03 Å². The minimum Gasteiger partial charge on any atom is -0.481 e. The third-order valence-corrected chi connectivity index (χ3v) is 7.03. The monoisotopic (exact) mass is 437 g/mol. The summed E-state index contributed by atoms with van der Waals surface area (Å²) >= 11 is 1.48. The first kappa shape index (κ1) is 22.8. The van der Waals surface area contributed by atoms with E-state index in [2.05, 4.69) is 17.2 Å². The van der Waals surface area contributed by atoms with Crippen LogP contribution in [0.3, 0.4) is 0 Å². The normalized spacial score (nSPS) is 20.2. The molecule has 2 aliphatic rings. The number of halogens is 1. The summed E-state index contributed by atoms with van der Waals surface area (Å²) in [6.07, 6.45) is 7.99. The Morgan fingerprint density at radius 3 is 2.73 bits per heavy atom. The van der Waals surface area contributed by atoms with E-state index >= 15 is 4.39 Å². The molecule has 1 saturated heterocycles. The Morgan fingerprint density at radius 1 is 1.27 bits per heavy atom. The molecule has 1 aliphatic heterocycles. The summed E-state index contributed by atoms with van der Waals surface area (Å²) in [5.74, 6) is -0.578. The lowest BCUT2D eigenvalue weighted by Gasteiger charge is -2.33. The van der Waals surface area contributed by atoms with Gasteiger partial charge >= 0.3 is 5.97 Å². The van der Waals surface area contributed by atoms with Crippen LogP contribution in [0.2, 0.25) is 0 Å². The van der Waals surface area contributed by atoms with Crippen molar-refractivity contribution in [2.75, 3.05) is 23.7 Å². The van der Waals surface area contributed by atoms with E-state index in [1.165, 1.54) is 24.2 Å². The number of rotatable bonds is 8. The fourth-order valence-corrected chi connectivity index (χ4v) is 5.19. The molecule has 2 heterocycles. The van der Waals surface area contributed by atoms with Crippen molar-refractivity contribution >= 4 is 29.5 Å². The summed E-state index contributed by atoms with van der Waals surface area (Å²) in [6.45, 7) is 3.17. The number of anilines is 1. The van der Waals surface area contributed by atoms with Crippen molar-refractivity contribution in [3.05, 3.63) is 17.4 Å². The first-order valence-corrected chi connectivity index (χ1v) is 12.1. The lowest BCUT2D eigenvalue weighted by Crippen LogP contribution is -2.38. The van der Waals surface area contributed by atoms with Crippen LogP contribution in [0.25, 0.3) is 0 Å². The molecule has 2 N–H and O–H groups in total. The van der Waals surface area contributed by atoms with Crippen LogP contribution >= 0.6 is 11.8 Å². The lowest BCUT2D eigenvalue weighted by atomic mass is 9.95. The molecule has 6 nitrogen and oxygen atoms in total. The summed E-state index contributed by atoms with van der Waals surface area (Å²) in [5, 5.41) is 12.7. The molecule has 0 radical (unpaired) electrons. The van der Waals surface area contributed by atoms with Gasteiger partial charge < -0.3 is 15.3 Å². The number of hydrogen-bond donors (Lipinski definition) is 2. The van der Waals surface area contributed by atoms with Gasteiger partial charge in [-0.3, -0.25) is 9.59 Å². The Balaban J connectivity index is 1.81. The highest BCUT2D eigenvalue weighted by molar-refractivity contribution is 7.99. The number of aliphatic carboxylic acids is 1. The highest BCUT2D eigenvalue weighted by Gasteiger charge is 2.27. The quantitative estimate of drug-likeness (QED) is 0.584. The summed E-state index contributed by atoms with van der Waals surface area (Å²) in [7, 11) is 0. The van der Waals surface area contributed by atoms with Crippen LogP contribution in [0.15, 0.2) is 11.1 Å². The summed E-state index contributed by atoms with van der Waals surface area (Å²) in [4.78, 5) is 30.4. The molecule has 1 amide bonds. The van der Waals surface area contributed by atoms with Crippen molar-refractivity contribution in [2.45, 2.75) is 75.8 Å². The van der Waals surface area contributed by atoms with Gasteiger partial charge in [-0.25, -0.2) is 9.37 Å². The van der Waals surface area contributed by atoms with Gasteiger partial charge in [0, 0.05) is 25.6 Å². The summed E-state index contributed by atoms with van der Waals surface area (Å²) in [6, 6.07) is 1.47. The van der Waals surface area contributed by atoms with Gasteiger partial charge in [0.25, 0.3) is 5.91 Å². The number of nitrogens with zero attached hydrogens (tertiary/aromatic N) is 2. The first-order chi connectivity index (χ1) is 14.5. The molecule has 1 atom stereocenters. The van der Waals surface area contributed by atoms with Crippen LogP contribution < -0.4 is 10.2 Å². The first-order valence-electron chi connectivity index (χ1n) is 11.1. The standard InChI is InChI=1S/C22H32FN3O3S/c1-2-11-30-22-17(21(29)24-16-8-4-3-5-9-16)13-18(23)20(25-22)26-10-6-7-15(14-26)12-19(27)28/h13,15-16H,2-12,14H2,1H3,(H,24,29)(H,27,28). The number of amides is 1. The van der Waals surface area contributed by atoms with E-state index in [0.717, 1.165) is 50.7 Å². The third kappa shape index (κ3) is 6.09. The maximum absolute atomic E-state index is 15.1.